The van der Waals surface area contributed by atoms with Crippen molar-refractivity contribution in [2.24, 2.45) is 0 Å². The van der Waals surface area contributed by atoms with E-state index in [-0.39, 0.29) is 5.69 Å². The summed E-state index contributed by atoms with van der Waals surface area (Å²) in [4.78, 5) is 15.8. The second kappa shape index (κ2) is 5.45. The van der Waals surface area contributed by atoms with Crippen LogP contribution in [0.4, 0.5) is 0 Å². The Balaban J connectivity index is 0.000000292. The number of hydrogen-bond donors (Lipinski definition) is 1. The van der Waals surface area contributed by atoms with Crippen molar-refractivity contribution >= 4 is 11.6 Å². The van der Waals surface area contributed by atoms with Crippen molar-refractivity contribution in [2.45, 2.75) is 6.92 Å². The van der Waals surface area contributed by atoms with Crippen LogP contribution in [0, 0.1) is 11.3 Å². The summed E-state index contributed by atoms with van der Waals surface area (Å²) in [5.41, 5.74) is -0.380. The average molecular weight is 172 g/mol. The van der Waals surface area contributed by atoms with E-state index < -0.39 is 0 Å². The fourth-order valence-electron chi connectivity index (χ4n) is 0.326. The Labute approximate surface area is 68.5 Å². The van der Waals surface area contributed by atoms with E-state index in [2.05, 4.69) is 9.97 Å². The molecule has 58 valence electrons. The molecule has 0 aliphatic carbocycles. The number of halogens is 1. The first-order chi connectivity index (χ1) is 5.20. The third-order valence-electron chi connectivity index (χ3n) is 0.639. The molecule has 0 atom stereocenters. The highest BCUT2D eigenvalue weighted by atomic mass is 35.5. The number of nitrogens with one attached hydrogen (secondary N) is 1. The van der Waals surface area contributed by atoms with Crippen molar-refractivity contribution in [2.75, 3.05) is 0 Å². The SMILES string of the molecule is CC#N.O=c1ncc(Cl)c[nH]1. The van der Waals surface area contributed by atoms with Gasteiger partial charge in [-0.05, 0) is 0 Å². The van der Waals surface area contributed by atoms with Crippen LogP contribution >= 0.6 is 11.6 Å². The van der Waals surface area contributed by atoms with Gasteiger partial charge in [-0.2, -0.15) is 5.26 Å². The maximum atomic E-state index is 10.2. The summed E-state index contributed by atoms with van der Waals surface area (Å²) in [6.45, 7) is 1.43. The summed E-state index contributed by atoms with van der Waals surface area (Å²) in [6, 6.07) is 1.75. The number of hydrogen-bond acceptors (Lipinski definition) is 3. The van der Waals surface area contributed by atoms with Gasteiger partial charge >= 0.3 is 5.69 Å². The maximum Gasteiger partial charge on any atom is 0.344 e. The Morgan fingerprint density at radius 2 is 2.36 bits per heavy atom. The molecule has 0 fully saturated rings. The zero-order valence-electron chi connectivity index (χ0n) is 5.84. The van der Waals surface area contributed by atoms with Crippen LogP contribution in [0.2, 0.25) is 5.02 Å². The molecule has 1 rings (SSSR count). The number of H-pyrrole nitrogens is 1. The molecule has 0 aliphatic heterocycles. The van der Waals surface area contributed by atoms with E-state index in [1.54, 1.807) is 6.07 Å². The summed E-state index contributed by atoms with van der Waals surface area (Å²) in [5, 5.41) is 7.75. The topological polar surface area (TPSA) is 69.5 Å². The lowest BCUT2D eigenvalue weighted by molar-refractivity contribution is 1.08. The number of nitriles is 1. The maximum absolute atomic E-state index is 10.2. The Morgan fingerprint density at radius 3 is 2.64 bits per heavy atom. The van der Waals surface area contributed by atoms with Crippen molar-refractivity contribution in [1.82, 2.24) is 9.97 Å². The van der Waals surface area contributed by atoms with Gasteiger partial charge in [0.2, 0.25) is 0 Å². The summed E-state index contributed by atoms with van der Waals surface area (Å²) < 4.78 is 0. The van der Waals surface area contributed by atoms with Gasteiger partial charge in [0, 0.05) is 13.1 Å². The molecule has 0 spiro atoms. The molecule has 0 aliphatic rings. The molecule has 1 aromatic rings. The molecule has 0 bridgehead atoms. The fraction of sp³-hybridized carbons (Fsp3) is 0.167. The van der Waals surface area contributed by atoms with Crippen LogP contribution in [-0.4, -0.2) is 9.97 Å². The van der Waals surface area contributed by atoms with Gasteiger partial charge in [-0.15, -0.1) is 0 Å². The van der Waals surface area contributed by atoms with Gasteiger partial charge in [-0.25, -0.2) is 9.78 Å². The van der Waals surface area contributed by atoms with Gasteiger partial charge in [-0.1, -0.05) is 11.6 Å². The first-order valence-corrected chi connectivity index (χ1v) is 3.09. The largest absolute Gasteiger partial charge is 0.344 e. The van der Waals surface area contributed by atoms with Crippen LogP contribution < -0.4 is 5.69 Å². The zero-order chi connectivity index (χ0) is 8.69. The molecule has 11 heavy (non-hydrogen) atoms. The Bertz CT molecular complexity index is 281. The van der Waals surface area contributed by atoms with Gasteiger partial charge in [0.25, 0.3) is 0 Å². The van der Waals surface area contributed by atoms with Crippen LogP contribution in [0.3, 0.4) is 0 Å². The van der Waals surface area contributed by atoms with Gasteiger partial charge in [0.15, 0.2) is 0 Å². The van der Waals surface area contributed by atoms with Crippen LogP contribution in [0.25, 0.3) is 0 Å². The van der Waals surface area contributed by atoms with E-state index in [0.717, 1.165) is 0 Å². The highest BCUT2D eigenvalue weighted by Crippen LogP contribution is 1.97. The number of aromatic nitrogens is 2. The second-order valence-corrected chi connectivity index (χ2v) is 1.90. The van der Waals surface area contributed by atoms with Gasteiger partial charge in [0.05, 0.1) is 17.3 Å². The Hall–Kier alpha value is -1.34. The van der Waals surface area contributed by atoms with Crippen LogP contribution in [0.15, 0.2) is 17.2 Å². The normalized spacial score (nSPS) is 7.36. The molecule has 0 aromatic carbocycles. The smallest absolute Gasteiger partial charge is 0.311 e. The molecule has 1 heterocycles. The molecule has 0 saturated heterocycles. The van der Waals surface area contributed by atoms with Gasteiger partial charge in [0.1, 0.15) is 0 Å². The monoisotopic (exact) mass is 171 g/mol. The molecular formula is C6H6ClN3O. The van der Waals surface area contributed by atoms with Gasteiger partial charge in [-0.3, -0.25) is 0 Å². The number of aromatic amines is 1. The summed E-state index contributed by atoms with van der Waals surface area (Å²) in [7, 11) is 0. The highest BCUT2D eigenvalue weighted by Gasteiger charge is 1.82. The fourth-order valence-corrected chi connectivity index (χ4v) is 0.429. The van der Waals surface area contributed by atoms with E-state index >= 15 is 0 Å². The summed E-state index contributed by atoms with van der Waals surface area (Å²) in [5.74, 6) is 0. The second-order valence-electron chi connectivity index (χ2n) is 1.46. The minimum absolute atomic E-state index is 0.380. The minimum atomic E-state index is -0.380. The average Bonchev–Trinajstić information content (AvgIpc) is 1.97. The first-order valence-electron chi connectivity index (χ1n) is 2.71. The Morgan fingerprint density at radius 1 is 1.82 bits per heavy atom. The van der Waals surface area contributed by atoms with E-state index in [9.17, 15) is 4.79 Å². The molecule has 5 heteroatoms. The molecule has 0 unspecified atom stereocenters. The molecule has 4 nitrogen and oxygen atoms in total. The molecule has 0 saturated carbocycles. The lowest BCUT2D eigenvalue weighted by atomic mass is 10.7. The van der Waals surface area contributed by atoms with E-state index in [4.69, 9.17) is 16.9 Å². The van der Waals surface area contributed by atoms with Crippen molar-refractivity contribution in [1.29, 1.82) is 5.26 Å². The van der Waals surface area contributed by atoms with Crippen molar-refractivity contribution in [3.05, 3.63) is 27.9 Å². The van der Waals surface area contributed by atoms with Crippen LogP contribution in [0.5, 0.6) is 0 Å². The third-order valence-corrected chi connectivity index (χ3v) is 0.845. The standard InChI is InChI=1S/C4H3ClN2O.C2H3N/c5-3-1-6-4(8)7-2-3;1-2-3/h1-2H,(H,6,7,8);1H3. The minimum Gasteiger partial charge on any atom is -0.311 e. The van der Waals surface area contributed by atoms with Crippen LogP contribution in [0.1, 0.15) is 6.92 Å². The van der Waals surface area contributed by atoms with Crippen molar-refractivity contribution < 1.29 is 0 Å². The molecule has 1 aromatic heterocycles. The molecular weight excluding hydrogens is 166 g/mol. The Kier molecular flexibility index (Phi) is 4.78. The molecule has 1 N–H and O–H groups in total. The molecule has 0 amide bonds. The predicted molar refractivity (Wildman–Crippen MR) is 41.2 cm³/mol. The van der Waals surface area contributed by atoms with E-state index in [0.29, 0.717) is 5.02 Å². The number of rotatable bonds is 0. The number of nitrogens with zero attached hydrogens (tertiary/aromatic N) is 2. The summed E-state index contributed by atoms with van der Waals surface area (Å²) >= 11 is 5.38. The first kappa shape index (κ1) is 9.66. The molecule has 0 radical (unpaired) electrons. The van der Waals surface area contributed by atoms with Crippen LogP contribution in [-0.2, 0) is 0 Å². The van der Waals surface area contributed by atoms with Crippen molar-refractivity contribution in [3.8, 4) is 6.07 Å². The predicted octanol–water partition coefficient (Wildman–Crippen LogP) is 0.953. The zero-order valence-corrected chi connectivity index (χ0v) is 6.59. The van der Waals surface area contributed by atoms with Gasteiger partial charge < -0.3 is 4.98 Å². The quantitative estimate of drug-likeness (QED) is 0.632. The summed E-state index contributed by atoms with van der Waals surface area (Å²) in [6.07, 6.45) is 2.68. The lowest BCUT2D eigenvalue weighted by Gasteiger charge is -1.80. The van der Waals surface area contributed by atoms with Crippen molar-refractivity contribution in [3.63, 3.8) is 0 Å². The third kappa shape index (κ3) is 5.12. The van der Waals surface area contributed by atoms with E-state index in [1.165, 1.54) is 19.3 Å². The lowest BCUT2D eigenvalue weighted by Crippen LogP contribution is -2.06. The highest BCUT2D eigenvalue weighted by molar-refractivity contribution is 6.30. The van der Waals surface area contributed by atoms with E-state index in [1.807, 2.05) is 0 Å².